The highest BCUT2D eigenvalue weighted by Crippen LogP contribution is 2.35. The fraction of sp³-hybridized carbons (Fsp3) is 0.680. The molecular formula is C25H41N3O4. The van der Waals surface area contributed by atoms with E-state index >= 15 is 0 Å². The maximum Gasteiger partial charge on any atom is 0.413 e. The fourth-order valence-electron chi connectivity index (χ4n) is 3.84. The van der Waals surface area contributed by atoms with Crippen LogP contribution in [0.25, 0.3) is 0 Å². The summed E-state index contributed by atoms with van der Waals surface area (Å²) in [5.74, 6) is 2.24. The molecule has 1 N–H and O–H groups in total. The monoisotopic (exact) mass is 447 g/mol. The van der Waals surface area contributed by atoms with Gasteiger partial charge in [-0.05, 0) is 38.0 Å². The number of hydrogen-bond acceptors (Lipinski definition) is 6. The summed E-state index contributed by atoms with van der Waals surface area (Å²) in [6.45, 7) is 9.11. The number of carbonyl (C=O) groups is 1. The number of carbonyl (C=O) groups excluding carboxylic acids is 1. The van der Waals surface area contributed by atoms with Crippen LogP contribution in [-0.4, -0.2) is 50.4 Å². The molecule has 1 amide bonds. The van der Waals surface area contributed by atoms with Crippen LogP contribution in [0.4, 0.5) is 4.79 Å². The number of benzene rings is 1. The Labute approximate surface area is 193 Å². The van der Waals surface area contributed by atoms with Crippen molar-refractivity contribution in [2.24, 2.45) is 4.99 Å². The first-order valence-corrected chi connectivity index (χ1v) is 12.2. The molecule has 0 aromatic heterocycles. The largest absolute Gasteiger partial charge is 0.494 e. The summed E-state index contributed by atoms with van der Waals surface area (Å²) < 4.78 is 17.0. The number of alkyl carbamates (subject to hydrolysis) is 1. The Kier molecular flexibility index (Phi) is 11.8. The van der Waals surface area contributed by atoms with Gasteiger partial charge in [-0.25, -0.2) is 4.79 Å². The zero-order chi connectivity index (χ0) is 23.2. The van der Waals surface area contributed by atoms with Gasteiger partial charge in [0.25, 0.3) is 0 Å². The number of nitrogens with zero attached hydrogens (tertiary/aromatic N) is 2. The number of likely N-dealkylation sites (N-methyl/N-ethyl adjacent to an activating group) is 1. The van der Waals surface area contributed by atoms with Crippen molar-refractivity contribution < 1.29 is 19.0 Å². The Bertz CT molecular complexity index is 723. The van der Waals surface area contributed by atoms with E-state index in [1.165, 1.54) is 45.6 Å². The van der Waals surface area contributed by atoms with Crippen molar-refractivity contribution >= 4 is 12.1 Å². The predicted molar refractivity (Wildman–Crippen MR) is 129 cm³/mol. The van der Waals surface area contributed by atoms with Crippen LogP contribution in [-0.2, 0) is 4.74 Å². The van der Waals surface area contributed by atoms with Crippen molar-refractivity contribution in [3.05, 3.63) is 23.8 Å². The van der Waals surface area contributed by atoms with E-state index in [4.69, 9.17) is 14.2 Å². The average Bonchev–Trinajstić information content (AvgIpc) is 3.21. The predicted octanol–water partition coefficient (Wildman–Crippen LogP) is 5.69. The van der Waals surface area contributed by atoms with Crippen LogP contribution in [0.1, 0.15) is 83.7 Å². The van der Waals surface area contributed by atoms with E-state index in [1.54, 1.807) is 0 Å². The summed E-state index contributed by atoms with van der Waals surface area (Å²) in [5.41, 5.74) is 1.04. The standard InChI is InChI=1S/C25H41N3O4/c1-5-8-10-12-16-31-20-14-15-23(32-17-13-11-9-6-2)21(18-20)22-19-26-24(28(22)7-3)27-25(29)30-4/h14-15,18,22H,5-13,16-17,19H2,1-4H3,(H,26,27,29). The van der Waals surface area contributed by atoms with Crippen molar-refractivity contribution in [1.29, 1.82) is 0 Å². The van der Waals surface area contributed by atoms with Gasteiger partial charge in [-0.2, -0.15) is 0 Å². The molecule has 0 saturated carbocycles. The molecule has 1 aromatic carbocycles. The van der Waals surface area contributed by atoms with E-state index in [0.717, 1.165) is 29.9 Å². The van der Waals surface area contributed by atoms with Gasteiger partial charge in [0.15, 0.2) is 0 Å². The Hall–Kier alpha value is -2.44. The highest BCUT2D eigenvalue weighted by Gasteiger charge is 2.31. The van der Waals surface area contributed by atoms with Crippen LogP contribution < -0.4 is 14.8 Å². The quantitative estimate of drug-likeness (QED) is 0.371. The van der Waals surface area contributed by atoms with Crippen LogP contribution in [0.5, 0.6) is 11.5 Å². The van der Waals surface area contributed by atoms with E-state index in [-0.39, 0.29) is 6.04 Å². The first kappa shape index (κ1) is 25.8. The molecule has 0 saturated heterocycles. The molecule has 1 heterocycles. The van der Waals surface area contributed by atoms with E-state index < -0.39 is 6.09 Å². The molecule has 180 valence electrons. The van der Waals surface area contributed by atoms with Crippen LogP contribution in [0, 0.1) is 0 Å². The molecule has 7 nitrogen and oxygen atoms in total. The number of guanidine groups is 1. The molecule has 1 aromatic rings. The Morgan fingerprint density at radius 3 is 2.34 bits per heavy atom. The van der Waals surface area contributed by atoms with E-state index in [2.05, 4.69) is 35.1 Å². The van der Waals surface area contributed by atoms with Crippen molar-refractivity contribution in [3.8, 4) is 11.5 Å². The van der Waals surface area contributed by atoms with Crippen molar-refractivity contribution in [3.63, 3.8) is 0 Å². The Balaban J connectivity index is 2.13. The van der Waals surface area contributed by atoms with Crippen molar-refractivity contribution in [2.45, 2.75) is 78.2 Å². The molecule has 0 radical (unpaired) electrons. The number of amides is 1. The molecule has 0 bridgehead atoms. The molecule has 1 unspecified atom stereocenters. The van der Waals surface area contributed by atoms with E-state index in [9.17, 15) is 4.79 Å². The SMILES string of the molecule is CCCCCCOc1ccc(OCCCCCC)c(C2CN=C(NC(=O)OC)N2CC)c1. The number of aliphatic imine (C=N–C) groups is 1. The molecule has 1 atom stereocenters. The third-order valence-electron chi connectivity index (χ3n) is 5.66. The van der Waals surface area contributed by atoms with Gasteiger partial charge in [-0.15, -0.1) is 0 Å². The molecule has 0 aliphatic carbocycles. The second-order valence-corrected chi connectivity index (χ2v) is 8.10. The van der Waals surface area contributed by atoms with E-state index in [1.807, 2.05) is 19.1 Å². The summed E-state index contributed by atoms with van der Waals surface area (Å²) in [6, 6.07) is 6.05. The first-order chi connectivity index (χ1) is 15.6. The van der Waals surface area contributed by atoms with Gasteiger partial charge < -0.3 is 19.1 Å². The molecular weight excluding hydrogens is 406 g/mol. The molecule has 32 heavy (non-hydrogen) atoms. The first-order valence-electron chi connectivity index (χ1n) is 12.2. The third kappa shape index (κ3) is 7.92. The van der Waals surface area contributed by atoms with Crippen LogP contribution in [0.3, 0.4) is 0 Å². The second-order valence-electron chi connectivity index (χ2n) is 8.10. The summed E-state index contributed by atoms with van der Waals surface area (Å²) >= 11 is 0. The van der Waals surface area contributed by atoms with Gasteiger partial charge in [0, 0.05) is 12.1 Å². The highest BCUT2D eigenvalue weighted by molar-refractivity contribution is 5.95. The lowest BCUT2D eigenvalue weighted by molar-refractivity contribution is 0.175. The highest BCUT2D eigenvalue weighted by atomic mass is 16.5. The number of rotatable bonds is 14. The molecule has 0 fully saturated rings. The minimum absolute atomic E-state index is 0.0264. The van der Waals surface area contributed by atoms with Crippen LogP contribution >= 0.6 is 0 Å². The summed E-state index contributed by atoms with van der Waals surface area (Å²) in [4.78, 5) is 18.4. The van der Waals surface area contributed by atoms with Crippen LogP contribution in [0.2, 0.25) is 0 Å². The summed E-state index contributed by atoms with van der Waals surface area (Å²) in [5, 5.41) is 2.73. The minimum Gasteiger partial charge on any atom is -0.494 e. The Morgan fingerprint density at radius 1 is 1.03 bits per heavy atom. The van der Waals surface area contributed by atoms with Gasteiger partial charge >= 0.3 is 6.09 Å². The maximum atomic E-state index is 11.7. The fourth-order valence-corrected chi connectivity index (χ4v) is 3.84. The molecule has 2 rings (SSSR count). The number of unbranched alkanes of at least 4 members (excludes halogenated alkanes) is 6. The molecule has 1 aliphatic heterocycles. The molecule has 0 spiro atoms. The van der Waals surface area contributed by atoms with Crippen LogP contribution in [0.15, 0.2) is 23.2 Å². The van der Waals surface area contributed by atoms with Crippen molar-refractivity contribution in [2.75, 3.05) is 33.4 Å². The van der Waals surface area contributed by atoms with Crippen molar-refractivity contribution in [1.82, 2.24) is 10.2 Å². The topological polar surface area (TPSA) is 72.4 Å². The zero-order valence-electron chi connectivity index (χ0n) is 20.3. The second kappa shape index (κ2) is 14.6. The lowest BCUT2D eigenvalue weighted by Crippen LogP contribution is -2.42. The Morgan fingerprint density at radius 2 is 1.72 bits per heavy atom. The number of hydrogen-bond donors (Lipinski definition) is 1. The van der Waals surface area contributed by atoms with Gasteiger partial charge in [0.2, 0.25) is 5.96 Å². The number of nitrogens with one attached hydrogen (secondary N) is 1. The maximum absolute atomic E-state index is 11.7. The van der Waals surface area contributed by atoms with Gasteiger partial charge in [0.05, 0.1) is 32.9 Å². The van der Waals surface area contributed by atoms with Gasteiger partial charge in [-0.1, -0.05) is 52.4 Å². The molecule has 1 aliphatic rings. The number of ether oxygens (including phenoxy) is 3. The summed E-state index contributed by atoms with van der Waals surface area (Å²) in [7, 11) is 1.35. The smallest absolute Gasteiger partial charge is 0.413 e. The average molecular weight is 448 g/mol. The minimum atomic E-state index is -0.514. The lowest BCUT2D eigenvalue weighted by Gasteiger charge is -2.28. The van der Waals surface area contributed by atoms with Gasteiger partial charge in [0.1, 0.15) is 11.5 Å². The zero-order valence-corrected chi connectivity index (χ0v) is 20.3. The normalized spacial score (nSPS) is 15.4. The van der Waals surface area contributed by atoms with Gasteiger partial charge in [-0.3, -0.25) is 10.3 Å². The number of methoxy groups -OCH3 is 1. The summed E-state index contributed by atoms with van der Waals surface area (Å²) in [6.07, 6.45) is 8.82. The van der Waals surface area contributed by atoms with E-state index in [0.29, 0.717) is 32.3 Å². The lowest BCUT2D eigenvalue weighted by atomic mass is 10.0. The molecule has 7 heteroatoms. The third-order valence-corrected chi connectivity index (χ3v) is 5.66.